The first-order valence-electron chi connectivity index (χ1n) is 6.93. The van der Waals surface area contributed by atoms with E-state index in [1.807, 2.05) is 30.3 Å². The number of rotatable bonds is 3. The Morgan fingerprint density at radius 3 is 2.35 bits per heavy atom. The lowest BCUT2D eigenvalue weighted by Crippen LogP contribution is -2.35. The molecule has 0 spiro atoms. The number of allylic oxidation sites excluding steroid dienone is 3. The molecule has 1 aromatic carbocycles. The quantitative estimate of drug-likeness (QED) is 0.757. The minimum atomic E-state index is -0.239. The third-order valence-corrected chi connectivity index (χ3v) is 3.77. The van der Waals surface area contributed by atoms with E-state index in [1.54, 1.807) is 7.11 Å². The van der Waals surface area contributed by atoms with Crippen molar-refractivity contribution < 1.29 is 9.53 Å². The summed E-state index contributed by atoms with van der Waals surface area (Å²) < 4.78 is 5.63. The average molecular weight is 270 g/mol. The number of benzene rings is 1. The van der Waals surface area contributed by atoms with Gasteiger partial charge >= 0.3 is 0 Å². The maximum Gasteiger partial charge on any atom is 0.174 e. The summed E-state index contributed by atoms with van der Waals surface area (Å²) >= 11 is 0. The second-order valence-corrected chi connectivity index (χ2v) is 6.25. The van der Waals surface area contributed by atoms with Crippen LogP contribution in [0.2, 0.25) is 0 Å². The van der Waals surface area contributed by atoms with Gasteiger partial charge in [0.05, 0.1) is 13.0 Å². The molecule has 2 heteroatoms. The average Bonchev–Trinajstić information content (AvgIpc) is 2.40. The van der Waals surface area contributed by atoms with Crippen molar-refractivity contribution in [2.45, 2.75) is 27.2 Å². The molecule has 1 aliphatic carbocycles. The Bertz CT molecular complexity index is 573. The number of hydrogen-bond acceptors (Lipinski definition) is 2. The molecule has 0 heterocycles. The number of Topliss-reactive ketones (excluding diaryl/α,β-unsaturated/α-hetero) is 1. The molecule has 0 radical (unpaired) electrons. The van der Waals surface area contributed by atoms with Crippen LogP contribution in [0.3, 0.4) is 0 Å². The lowest BCUT2D eigenvalue weighted by atomic mass is 9.69. The van der Waals surface area contributed by atoms with E-state index >= 15 is 0 Å². The normalized spacial score (nSPS) is 18.8. The standard InChI is InChI=1S/C18H22O2/c1-6-9-14-12-10-7-8-11-13(12)16(19)15(17(14)20-5)18(2,3)4/h6-8,10-11,15H,1,9H2,2-5H3. The largest absolute Gasteiger partial charge is 0.500 e. The Morgan fingerprint density at radius 1 is 1.25 bits per heavy atom. The van der Waals surface area contributed by atoms with Crippen molar-refractivity contribution in [1.82, 2.24) is 0 Å². The molecule has 0 bridgehead atoms. The number of carbonyl (C=O) groups is 1. The molecule has 1 aromatic rings. The molecule has 0 aromatic heterocycles. The van der Waals surface area contributed by atoms with Crippen molar-refractivity contribution in [1.29, 1.82) is 0 Å². The van der Waals surface area contributed by atoms with Crippen LogP contribution in [-0.2, 0) is 4.74 Å². The molecule has 20 heavy (non-hydrogen) atoms. The Hall–Kier alpha value is -1.83. The Labute approximate surface area is 121 Å². The van der Waals surface area contributed by atoms with Crippen molar-refractivity contribution in [3.63, 3.8) is 0 Å². The Morgan fingerprint density at radius 2 is 1.85 bits per heavy atom. The maximum atomic E-state index is 12.8. The van der Waals surface area contributed by atoms with Gasteiger partial charge in [0, 0.05) is 11.1 Å². The number of carbonyl (C=O) groups excluding carboxylic acids is 1. The van der Waals surface area contributed by atoms with Crippen LogP contribution in [0.5, 0.6) is 0 Å². The predicted molar refractivity (Wildman–Crippen MR) is 82.5 cm³/mol. The van der Waals surface area contributed by atoms with Crippen molar-refractivity contribution in [3.05, 3.63) is 53.8 Å². The van der Waals surface area contributed by atoms with Gasteiger partial charge in [-0.2, -0.15) is 0 Å². The van der Waals surface area contributed by atoms with Gasteiger partial charge in [-0.25, -0.2) is 0 Å². The van der Waals surface area contributed by atoms with Crippen LogP contribution >= 0.6 is 0 Å². The van der Waals surface area contributed by atoms with Crippen LogP contribution < -0.4 is 0 Å². The molecule has 2 rings (SSSR count). The Balaban J connectivity index is 2.73. The highest BCUT2D eigenvalue weighted by molar-refractivity contribution is 6.07. The number of hydrogen-bond donors (Lipinski definition) is 0. The second-order valence-electron chi connectivity index (χ2n) is 6.25. The van der Waals surface area contributed by atoms with E-state index in [9.17, 15) is 4.79 Å². The third kappa shape index (κ3) is 2.31. The van der Waals surface area contributed by atoms with E-state index in [-0.39, 0.29) is 17.1 Å². The molecule has 0 N–H and O–H groups in total. The topological polar surface area (TPSA) is 26.3 Å². The summed E-state index contributed by atoms with van der Waals surface area (Å²) in [5.41, 5.74) is 2.68. The van der Waals surface area contributed by atoms with Gasteiger partial charge in [-0.1, -0.05) is 51.1 Å². The fourth-order valence-electron chi connectivity index (χ4n) is 2.93. The zero-order chi connectivity index (χ0) is 14.9. The summed E-state index contributed by atoms with van der Waals surface area (Å²) in [5.74, 6) is 0.705. The molecule has 0 fully saturated rings. The number of ketones is 1. The summed E-state index contributed by atoms with van der Waals surface area (Å²) in [6.45, 7) is 10.1. The molecule has 0 saturated carbocycles. The second kappa shape index (κ2) is 5.28. The van der Waals surface area contributed by atoms with Gasteiger partial charge < -0.3 is 4.74 Å². The van der Waals surface area contributed by atoms with Gasteiger partial charge in [-0.3, -0.25) is 4.79 Å². The van der Waals surface area contributed by atoms with Crippen LogP contribution in [0.15, 0.2) is 42.7 Å². The summed E-state index contributed by atoms with van der Waals surface area (Å²) in [5, 5.41) is 0. The van der Waals surface area contributed by atoms with Crippen LogP contribution in [0, 0.1) is 11.3 Å². The first-order chi connectivity index (χ1) is 9.41. The first-order valence-corrected chi connectivity index (χ1v) is 6.93. The SMILES string of the molecule is C=CCC1=C(OC)C(C(C)(C)C)C(=O)c2ccccc21. The van der Waals surface area contributed by atoms with Crippen molar-refractivity contribution in [3.8, 4) is 0 Å². The number of fused-ring (bicyclic) bond motifs is 1. The molecular formula is C18H22O2. The Kier molecular flexibility index (Phi) is 3.85. The zero-order valence-corrected chi connectivity index (χ0v) is 12.7. The van der Waals surface area contributed by atoms with E-state index in [1.165, 1.54) is 0 Å². The summed E-state index contributed by atoms with van der Waals surface area (Å²) in [6, 6.07) is 7.77. The van der Waals surface area contributed by atoms with Gasteiger partial charge in [0.2, 0.25) is 0 Å². The monoisotopic (exact) mass is 270 g/mol. The highest BCUT2D eigenvalue weighted by Crippen LogP contribution is 2.44. The van der Waals surface area contributed by atoms with Crippen LogP contribution in [0.25, 0.3) is 5.57 Å². The minimum Gasteiger partial charge on any atom is -0.500 e. The lowest BCUT2D eigenvalue weighted by Gasteiger charge is -2.36. The smallest absolute Gasteiger partial charge is 0.174 e. The zero-order valence-electron chi connectivity index (χ0n) is 12.7. The van der Waals surface area contributed by atoms with Crippen molar-refractivity contribution >= 4 is 11.4 Å². The summed E-state index contributed by atoms with van der Waals surface area (Å²) in [6.07, 6.45) is 2.57. The molecule has 0 saturated heterocycles. The molecule has 1 unspecified atom stereocenters. The third-order valence-electron chi connectivity index (χ3n) is 3.77. The molecule has 2 nitrogen and oxygen atoms in total. The fraction of sp³-hybridized carbons (Fsp3) is 0.389. The van der Waals surface area contributed by atoms with E-state index in [0.717, 1.165) is 22.5 Å². The summed E-state index contributed by atoms with van der Waals surface area (Å²) in [4.78, 5) is 12.8. The number of ether oxygens (including phenoxy) is 1. The van der Waals surface area contributed by atoms with E-state index in [2.05, 4.69) is 27.4 Å². The van der Waals surface area contributed by atoms with Gasteiger partial charge in [-0.05, 0) is 17.4 Å². The molecule has 106 valence electrons. The fourth-order valence-corrected chi connectivity index (χ4v) is 2.93. The van der Waals surface area contributed by atoms with Gasteiger partial charge in [-0.15, -0.1) is 6.58 Å². The number of methoxy groups -OCH3 is 1. The molecule has 0 aliphatic heterocycles. The van der Waals surface area contributed by atoms with Gasteiger partial charge in [0.25, 0.3) is 0 Å². The maximum absolute atomic E-state index is 12.8. The van der Waals surface area contributed by atoms with Gasteiger partial charge in [0.15, 0.2) is 5.78 Å². The molecular weight excluding hydrogens is 248 g/mol. The van der Waals surface area contributed by atoms with Crippen LogP contribution in [0.4, 0.5) is 0 Å². The van der Waals surface area contributed by atoms with E-state index in [4.69, 9.17) is 4.74 Å². The van der Waals surface area contributed by atoms with E-state index < -0.39 is 0 Å². The highest BCUT2D eigenvalue weighted by atomic mass is 16.5. The van der Waals surface area contributed by atoms with Gasteiger partial charge in [0.1, 0.15) is 5.76 Å². The van der Waals surface area contributed by atoms with Crippen LogP contribution in [-0.4, -0.2) is 12.9 Å². The molecule has 1 atom stereocenters. The lowest BCUT2D eigenvalue weighted by molar-refractivity contribution is 0.0769. The van der Waals surface area contributed by atoms with Crippen molar-refractivity contribution in [2.75, 3.05) is 7.11 Å². The predicted octanol–water partition coefficient (Wildman–Crippen LogP) is 4.48. The molecule has 0 amide bonds. The molecule has 1 aliphatic rings. The minimum absolute atomic E-state index is 0.151. The highest BCUT2D eigenvalue weighted by Gasteiger charge is 2.41. The first kappa shape index (κ1) is 14.6. The summed E-state index contributed by atoms with van der Waals surface area (Å²) in [7, 11) is 1.65. The van der Waals surface area contributed by atoms with Crippen molar-refractivity contribution in [2.24, 2.45) is 11.3 Å². The van der Waals surface area contributed by atoms with Crippen LogP contribution in [0.1, 0.15) is 43.1 Å². The van der Waals surface area contributed by atoms with E-state index in [0.29, 0.717) is 6.42 Å².